The van der Waals surface area contributed by atoms with Crippen LogP contribution >= 0.6 is 0 Å². The first-order valence-corrected chi connectivity index (χ1v) is 7.65. The van der Waals surface area contributed by atoms with Crippen LogP contribution in [0.1, 0.15) is 46.9 Å². The number of carbonyl (C=O) groups excluding carboxylic acids is 1. The predicted molar refractivity (Wildman–Crippen MR) is 78.8 cm³/mol. The molecule has 0 aliphatic heterocycles. The van der Waals surface area contributed by atoms with Crippen LogP contribution in [0.3, 0.4) is 0 Å². The molecule has 0 saturated heterocycles. The lowest BCUT2D eigenvalue weighted by molar-refractivity contribution is -0.142. The molecule has 1 aliphatic carbocycles. The molecule has 1 saturated carbocycles. The molecular formula is C15H17F3N4O2. The van der Waals surface area contributed by atoms with Gasteiger partial charge in [0.25, 0.3) is 5.91 Å². The lowest BCUT2D eigenvalue weighted by Gasteiger charge is -2.11. The average molecular weight is 342 g/mol. The first kappa shape index (κ1) is 16.7. The Balaban J connectivity index is 1.95. The maximum Gasteiger partial charge on any atom is 0.433 e. The summed E-state index contributed by atoms with van der Waals surface area (Å²) in [7, 11) is 1.55. The van der Waals surface area contributed by atoms with Crippen LogP contribution in [0.4, 0.5) is 13.2 Å². The number of nitrogens with one attached hydrogen (secondary N) is 1. The van der Waals surface area contributed by atoms with Crippen molar-refractivity contribution in [1.82, 2.24) is 19.9 Å². The van der Waals surface area contributed by atoms with Gasteiger partial charge in [-0.05, 0) is 25.3 Å². The Morgan fingerprint density at radius 3 is 2.83 bits per heavy atom. The Morgan fingerprint density at radius 2 is 2.21 bits per heavy atom. The summed E-state index contributed by atoms with van der Waals surface area (Å²) < 4.78 is 45.4. The Labute approximate surface area is 136 Å². The summed E-state index contributed by atoms with van der Waals surface area (Å²) in [5.41, 5.74) is -0.562. The second-order valence-corrected chi connectivity index (χ2v) is 5.73. The Hall–Kier alpha value is -2.16. The van der Waals surface area contributed by atoms with Crippen molar-refractivity contribution in [3.8, 4) is 0 Å². The van der Waals surface area contributed by atoms with Gasteiger partial charge in [0.15, 0.2) is 5.65 Å². The largest absolute Gasteiger partial charge is 0.433 e. The molecule has 0 atom stereocenters. The number of aromatic nitrogens is 3. The summed E-state index contributed by atoms with van der Waals surface area (Å²) in [6.45, 7) is 0.843. The van der Waals surface area contributed by atoms with Crippen LogP contribution in [-0.2, 0) is 10.9 Å². The smallest absolute Gasteiger partial charge is 0.385 e. The van der Waals surface area contributed by atoms with Crippen molar-refractivity contribution >= 4 is 11.6 Å². The Morgan fingerprint density at radius 1 is 1.46 bits per heavy atom. The van der Waals surface area contributed by atoms with E-state index in [0.29, 0.717) is 29.8 Å². The van der Waals surface area contributed by atoms with Gasteiger partial charge in [-0.1, -0.05) is 0 Å². The molecule has 0 radical (unpaired) electrons. The van der Waals surface area contributed by atoms with Crippen LogP contribution in [0.2, 0.25) is 0 Å². The molecule has 0 unspecified atom stereocenters. The maximum absolute atomic E-state index is 13.3. The van der Waals surface area contributed by atoms with Crippen molar-refractivity contribution in [2.75, 3.05) is 20.3 Å². The number of amides is 1. The van der Waals surface area contributed by atoms with Gasteiger partial charge < -0.3 is 10.1 Å². The van der Waals surface area contributed by atoms with Crippen LogP contribution in [-0.4, -0.2) is 40.8 Å². The second-order valence-electron chi connectivity index (χ2n) is 5.73. The Kier molecular flexibility index (Phi) is 4.44. The molecule has 2 heterocycles. The standard InChI is InChI=1S/C15H17F3N4O2/c1-24-6-2-5-19-14(23)10-8-20-22-12(15(16,17)18)7-11(9-3-4-9)21-13(10)22/h7-9H,2-6H2,1H3,(H,19,23). The van der Waals surface area contributed by atoms with Crippen molar-refractivity contribution in [3.05, 3.63) is 29.2 Å². The molecule has 3 rings (SSSR count). The molecule has 0 bridgehead atoms. The zero-order valence-electron chi connectivity index (χ0n) is 13.1. The van der Waals surface area contributed by atoms with E-state index in [4.69, 9.17) is 4.74 Å². The maximum atomic E-state index is 13.3. The van der Waals surface area contributed by atoms with Gasteiger partial charge >= 0.3 is 6.18 Å². The van der Waals surface area contributed by atoms with Crippen LogP contribution in [0.15, 0.2) is 12.3 Å². The number of alkyl halides is 3. The highest BCUT2D eigenvalue weighted by atomic mass is 19.4. The molecule has 24 heavy (non-hydrogen) atoms. The van der Waals surface area contributed by atoms with Gasteiger partial charge in [-0.25, -0.2) is 9.50 Å². The normalized spacial score (nSPS) is 15.0. The van der Waals surface area contributed by atoms with E-state index in [1.807, 2.05) is 0 Å². The average Bonchev–Trinajstić information content (AvgIpc) is 3.29. The number of fused-ring (bicyclic) bond motifs is 1. The number of ether oxygens (including phenoxy) is 1. The van der Waals surface area contributed by atoms with Gasteiger partial charge in [-0.2, -0.15) is 18.3 Å². The minimum Gasteiger partial charge on any atom is -0.385 e. The third kappa shape index (κ3) is 3.35. The molecular weight excluding hydrogens is 325 g/mol. The topological polar surface area (TPSA) is 68.5 Å². The van der Waals surface area contributed by atoms with Crippen LogP contribution in [0.5, 0.6) is 0 Å². The van der Waals surface area contributed by atoms with Gasteiger partial charge in [0.05, 0.1) is 6.20 Å². The molecule has 6 nitrogen and oxygen atoms in total. The zero-order chi connectivity index (χ0) is 17.3. The van der Waals surface area contributed by atoms with E-state index in [1.54, 1.807) is 7.11 Å². The number of hydrogen-bond donors (Lipinski definition) is 1. The van der Waals surface area contributed by atoms with Crippen molar-refractivity contribution in [1.29, 1.82) is 0 Å². The molecule has 1 N–H and O–H groups in total. The Bertz CT molecular complexity index is 753. The molecule has 9 heteroatoms. The minimum absolute atomic E-state index is 0.0311. The SMILES string of the molecule is COCCCNC(=O)c1cnn2c(C(F)(F)F)cc(C3CC3)nc12. The van der Waals surface area contributed by atoms with Crippen molar-refractivity contribution < 1.29 is 22.7 Å². The highest BCUT2D eigenvalue weighted by molar-refractivity contribution is 5.99. The number of carbonyl (C=O) groups is 1. The molecule has 1 fully saturated rings. The molecule has 0 aromatic carbocycles. The van der Waals surface area contributed by atoms with E-state index < -0.39 is 17.8 Å². The molecule has 1 aliphatic rings. The monoisotopic (exact) mass is 342 g/mol. The first-order valence-electron chi connectivity index (χ1n) is 7.65. The van der Waals surface area contributed by atoms with Crippen LogP contribution in [0.25, 0.3) is 5.65 Å². The third-order valence-corrected chi connectivity index (χ3v) is 3.83. The highest BCUT2D eigenvalue weighted by Crippen LogP contribution is 2.41. The molecule has 2 aromatic rings. The van der Waals surface area contributed by atoms with E-state index in [2.05, 4.69) is 15.4 Å². The zero-order valence-corrected chi connectivity index (χ0v) is 13.1. The van der Waals surface area contributed by atoms with E-state index >= 15 is 0 Å². The van der Waals surface area contributed by atoms with Gasteiger partial charge in [0.2, 0.25) is 0 Å². The van der Waals surface area contributed by atoms with E-state index in [-0.39, 0.29) is 17.1 Å². The third-order valence-electron chi connectivity index (χ3n) is 3.83. The van der Waals surface area contributed by atoms with E-state index in [9.17, 15) is 18.0 Å². The number of hydrogen-bond acceptors (Lipinski definition) is 4. The van der Waals surface area contributed by atoms with Crippen LogP contribution < -0.4 is 5.32 Å². The van der Waals surface area contributed by atoms with Gasteiger partial charge in [-0.15, -0.1) is 0 Å². The number of rotatable bonds is 6. The van der Waals surface area contributed by atoms with Crippen molar-refractivity contribution in [2.45, 2.75) is 31.4 Å². The summed E-state index contributed by atoms with van der Waals surface area (Å²) in [6, 6.07) is 1.03. The fourth-order valence-corrected chi connectivity index (χ4v) is 2.45. The van der Waals surface area contributed by atoms with Gasteiger partial charge in [-0.3, -0.25) is 4.79 Å². The number of nitrogens with zero attached hydrogens (tertiary/aromatic N) is 3. The molecule has 130 valence electrons. The quantitative estimate of drug-likeness (QED) is 0.819. The van der Waals surface area contributed by atoms with E-state index in [0.717, 1.165) is 25.1 Å². The predicted octanol–water partition coefficient (Wildman–Crippen LogP) is 2.39. The number of methoxy groups -OCH3 is 1. The molecule has 1 amide bonds. The lowest BCUT2D eigenvalue weighted by atomic mass is 10.2. The first-order chi connectivity index (χ1) is 11.4. The summed E-state index contributed by atoms with van der Waals surface area (Å²) in [4.78, 5) is 16.5. The van der Waals surface area contributed by atoms with Crippen LogP contribution in [0, 0.1) is 0 Å². The van der Waals surface area contributed by atoms with Crippen molar-refractivity contribution in [2.24, 2.45) is 0 Å². The van der Waals surface area contributed by atoms with Crippen molar-refractivity contribution in [3.63, 3.8) is 0 Å². The summed E-state index contributed by atoms with van der Waals surface area (Å²) >= 11 is 0. The lowest BCUT2D eigenvalue weighted by Crippen LogP contribution is -2.25. The highest BCUT2D eigenvalue weighted by Gasteiger charge is 2.37. The second kappa shape index (κ2) is 6.39. The summed E-state index contributed by atoms with van der Waals surface area (Å²) in [5.74, 6) is -0.460. The summed E-state index contributed by atoms with van der Waals surface area (Å²) in [6.07, 6.45) is -1.21. The van der Waals surface area contributed by atoms with Gasteiger partial charge in [0.1, 0.15) is 11.3 Å². The minimum atomic E-state index is -4.57. The number of halogens is 3. The van der Waals surface area contributed by atoms with Gasteiger partial charge in [0, 0.05) is 31.9 Å². The fourth-order valence-electron chi connectivity index (χ4n) is 2.45. The van der Waals surface area contributed by atoms with E-state index in [1.165, 1.54) is 0 Å². The molecule has 2 aromatic heterocycles. The summed E-state index contributed by atoms with van der Waals surface area (Å²) in [5, 5.41) is 6.36. The fraction of sp³-hybridized carbons (Fsp3) is 0.533. The molecule has 0 spiro atoms.